The van der Waals surface area contributed by atoms with Gasteiger partial charge >= 0.3 is 0 Å². The fourth-order valence-electron chi connectivity index (χ4n) is 2.80. The number of nitrogens with zero attached hydrogens (tertiary/aromatic N) is 6. The Morgan fingerprint density at radius 3 is 2.81 bits per heavy atom. The van der Waals surface area contributed by atoms with Gasteiger partial charge in [0.2, 0.25) is 5.16 Å². The quantitative estimate of drug-likeness (QED) is 0.755. The molecule has 2 aromatic rings. The lowest BCUT2D eigenvalue weighted by Crippen LogP contribution is -2.09. The molecular formula is C13H19BrN6S. The average molecular weight is 371 g/mol. The summed E-state index contributed by atoms with van der Waals surface area (Å²) in [5.41, 5.74) is 2.23. The molecule has 6 nitrogen and oxygen atoms in total. The van der Waals surface area contributed by atoms with Crippen molar-refractivity contribution in [2.45, 2.75) is 63.0 Å². The molecule has 0 N–H and O–H groups in total. The Hall–Kier alpha value is -0.890. The number of hydrogen-bond donors (Lipinski definition) is 0. The van der Waals surface area contributed by atoms with Gasteiger partial charge in [-0.15, -0.1) is 5.10 Å². The Labute approximate surface area is 136 Å². The van der Waals surface area contributed by atoms with Crippen LogP contribution in [0.3, 0.4) is 0 Å². The average Bonchev–Trinajstić information content (AvgIpc) is 3.19. The van der Waals surface area contributed by atoms with E-state index >= 15 is 0 Å². The van der Waals surface area contributed by atoms with Crippen molar-refractivity contribution in [2.75, 3.05) is 0 Å². The molecule has 0 aromatic carbocycles. The first kappa shape index (κ1) is 15.0. The van der Waals surface area contributed by atoms with Crippen LogP contribution in [0.4, 0.5) is 0 Å². The van der Waals surface area contributed by atoms with Crippen LogP contribution in [0.25, 0.3) is 0 Å². The zero-order valence-corrected chi connectivity index (χ0v) is 14.7. The molecule has 0 radical (unpaired) electrons. The molecule has 0 spiro atoms. The van der Waals surface area contributed by atoms with Gasteiger partial charge in [-0.3, -0.25) is 4.68 Å². The van der Waals surface area contributed by atoms with E-state index in [0.717, 1.165) is 27.6 Å². The molecule has 2 aromatic heterocycles. The second-order valence-corrected chi connectivity index (χ2v) is 7.03. The molecule has 0 amide bonds. The SMILES string of the molecule is CCn1nc(C)c(Br)c1CSc1nnnn1C1CCCC1. The van der Waals surface area contributed by atoms with E-state index in [9.17, 15) is 0 Å². The highest BCUT2D eigenvalue weighted by atomic mass is 79.9. The molecular weight excluding hydrogens is 352 g/mol. The number of rotatable bonds is 5. The van der Waals surface area contributed by atoms with Gasteiger partial charge in [0.1, 0.15) is 0 Å². The number of halogens is 1. The highest BCUT2D eigenvalue weighted by Crippen LogP contribution is 2.33. The van der Waals surface area contributed by atoms with Gasteiger partial charge in [0.25, 0.3) is 0 Å². The molecule has 8 heteroatoms. The molecule has 114 valence electrons. The predicted octanol–water partition coefficient (Wildman–Crippen LogP) is 3.37. The summed E-state index contributed by atoms with van der Waals surface area (Å²) in [4.78, 5) is 0. The maximum Gasteiger partial charge on any atom is 0.209 e. The van der Waals surface area contributed by atoms with Gasteiger partial charge in [-0.25, -0.2) is 4.68 Å². The van der Waals surface area contributed by atoms with Crippen LogP contribution in [0.5, 0.6) is 0 Å². The van der Waals surface area contributed by atoms with E-state index in [2.05, 4.69) is 43.5 Å². The maximum absolute atomic E-state index is 4.53. The lowest BCUT2D eigenvalue weighted by Gasteiger charge is -2.11. The summed E-state index contributed by atoms with van der Waals surface area (Å²) in [6, 6.07) is 0.476. The summed E-state index contributed by atoms with van der Waals surface area (Å²) >= 11 is 5.32. The van der Waals surface area contributed by atoms with E-state index in [0.29, 0.717) is 6.04 Å². The van der Waals surface area contributed by atoms with Gasteiger partial charge in [0, 0.05) is 12.3 Å². The summed E-state index contributed by atoms with van der Waals surface area (Å²) in [5, 5.41) is 17.7. The smallest absolute Gasteiger partial charge is 0.209 e. The Kier molecular flexibility index (Phi) is 4.63. The van der Waals surface area contributed by atoms with Gasteiger partial charge in [0.05, 0.1) is 21.9 Å². The minimum absolute atomic E-state index is 0.476. The molecule has 1 saturated carbocycles. The summed E-state index contributed by atoms with van der Waals surface area (Å²) < 4.78 is 5.14. The number of hydrogen-bond acceptors (Lipinski definition) is 5. The van der Waals surface area contributed by atoms with Crippen molar-refractivity contribution in [2.24, 2.45) is 0 Å². The van der Waals surface area contributed by atoms with Crippen molar-refractivity contribution in [3.63, 3.8) is 0 Å². The fraction of sp³-hybridized carbons (Fsp3) is 0.692. The third kappa shape index (κ3) is 3.01. The standard InChI is InChI=1S/C13H19BrN6S/c1-3-19-11(12(14)9(2)16-19)8-21-13-15-17-18-20(13)10-6-4-5-7-10/h10H,3-8H2,1-2H3. The Balaban J connectivity index is 1.75. The lowest BCUT2D eigenvalue weighted by atomic mass is 10.3. The molecule has 0 unspecified atom stereocenters. The van der Waals surface area contributed by atoms with Crippen LogP contribution in [0.1, 0.15) is 50.0 Å². The summed E-state index contributed by atoms with van der Waals surface area (Å²) in [6.45, 7) is 5.00. The first-order valence-electron chi connectivity index (χ1n) is 7.33. The van der Waals surface area contributed by atoms with Crippen LogP contribution >= 0.6 is 27.7 Å². The highest BCUT2D eigenvalue weighted by Gasteiger charge is 2.22. The van der Waals surface area contributed by atoms with Crippen molar-refractivity contribution in [1.82, 2.24) is 30.0 Å². The molecule has 21 heavy (non-hydrogen) atoms. The summed E-state index contributed by atoms with van der Waals surface area (Å²) in [5.74, 6) is 0.822. The fourth-order valence-corrected chi connectivity index (χ4v) is 4.38. The van der Waals surface area contributed by atoms with Crippen LogP contribution in [0.2, 0.25) is 0 Å². The minimum Gasteiger partial charge on any atom is -0.268 e. The molecule has 0 saturated heterocycles. The molecule has 2 heterocycles. The van der Waals surface area contributed by atoms with Gasteiger partial charge in [-0.05, 0) is 53.0 Å². The Morgan fingerprint density at radius 1 is 1.33 bits per heavy atom. The van der Waals surface area contributed by atoms with E-state index in [1.807, 2.05) is 16.3 Å². The molecule has 1 aliphatic carbocycles. The third-order valence-corrected chi connectivity index (χ3v) is 5.90. The van der Waals surface area contributed by atoms with Crippen LogP contribution in [-0.4, -0.2) is 30.0 Å². The summed E-state index contributed by atoms with van der Waals surface area (Å²) in [7, 11) is 0. The molecule has 0 aliphatic heterocycles. The topological polar surface area (TPSA) is 61.4 Å². The number of tetrazole rings is 1. The normalized spacial score (nSPS) is 16.0. The van der Waals surface area contributed by atoms with E-state index in [1.165, 1.54) is 31.4 Å². The highest BCUT2D eigenvalue weighted by molar-refractivity contribution is 9.10. The zero-order chi connectivity index (χ0) is 14.8. The number of thioether (sulfide) groups is 1. The first-order valence-corrected chi connectivity index (χ1v) is 9.11. The van der Waals surface area contributed by atoms with Crippen LogP contribution in [0, 0.1) is 6.92 Å². The third-order valence-electron chi connectivity index (χ3n) is 3.92. The van der Waals surface area contributed by atoms with Crippen molar-refractivity contribution in [1.29, 1.82) is 0 Å². The van der Waals surface area contributed by atoms with Crippen molar-refractivity contribution in [3.05, 3.63) is 15.9 Å². The van der Waals surface area contributed by atoms with E-state index < -0.39 is 0 Å². The monoisotopic (exact) mass is 370 g/mol. The summed E-state index contributed by atoms with van der Waals surface area (Å²) in [6.07, 6.45) is 4.94. The lowest BCUT2D eigenvalue weighted by molar-refractivity contribution is 0.423. The van der Waals surface area contributed by atoms with Gasteiger partial charge in [0.15, 0.2) is 0 Å². The molecule has 1 fully saturated rings. The number of aromatic nitrogens is 6. The Bertz CT molecular complexity index is 616. The van der Waals surface area contributed by atoms with E-state index in [1.54, 1.807) is 11.8 Å². The van der Waals surface area contributed by atoms with Gasteiger partial charge < -0.3 is 0 Å². The van der Waals surface area contributed by atoms with E-state index in [-0.39, 0.29) is 0 Å². The molecule has 3 rings (SSSR count). The minimum atomic E-state index is 0.476. The van der Waals surface area contributed by atoms with Crippen molar-refractivity contribution < 1.29 is 0 Å². The van der Waals surface area contributed by atoms with Gasteiger partial charge in [-0.1, -0.05) is 24.6 Å². The molecule has 0 atom stereocenters. The van der Waals surface area contributed by atoms with Gasteiger partial charge in [-0.2, -0.15) is 5.10 Å². The van der Waals surface area contributed by atoms with Crippen molar-refractivity contribution in [3.8, 4) is 0 Å². The maximum atomic E-state index is 4.53. The molecule has 1 aliphatic rings. The largest absolute Gasteiger partial charge is 0.268 e. The number of aryl methyl sites for hydroxylation is 2. The molecule has 0 bridgehead atoms. The Morgan fingerprint density at radius 2 is 2.10 bits per heavy atom. The van der Waals surface area contributed by atoms with Crippen molar-refractivity contribution >= 4 is 27.7 Å². The zero-order valence-electron chi connectivity index (χ0n) is 12.3. The van der Waals surface area contributed by atoms with E-state index in [4.69, 9.17) is 0 Å². The second-order valence-electron chi connectivity index (χ2n) is 5.29. The van der Waals surface area contributed by atoms with Crippen LogP contribution < -0.4 is 0 Å². The van der Waals surface area contributed by atoms with Crippen LogP contribution in [0.15, 0.2) is 9.63 Å². The first-order chi connectivity index (χ1) is 10.2. The predicted molar refractivity (Wildman–Crippen MR) is 85.2 cm³/mol. The van der Waals surface area contributed by atoms with Crippen LogP contribution in [-0.2, 0) is 12.3 Å². The second kappa shape index (κ2) is 6.48.